The van der Waals surface area contributed by atoms with E-state index in [1.165, 1.54) is 5.56 Å². The van der Waals surface area contributed by atoms with Crippen LogP contribution in [-0.2, 0) is 4.74 Å². The lowest BCUT2D eigenvalue weighted by Crippen LogP contribution is -2.21. The summed E-state index contributed by atoms with van der Waals surface area (Å²) in [6.07, 6.45) is 4.88. The quantitative estimate of drug-likeness (QED) is 0.731. The average molecular weight is 302 g/mol. The number of aliphatic imine (C=N–C) groups is 1. The predicted octanol–water partition coefficient (Wildman–Crippen LogP) is 4.60. The summed E-state index contributed by atoms with van der Waals surface area (Å²) < 4.78 is 5.85. The zero-order valence-corrected chi connectivity index (χ0v) is 13.4. The molecule has 0 saturated carbocycles. The van der Waals surface area contributed by atoms with Crippen molar-refractivity contribution in [2.45, 2.75) is 37.6 Å². The van der Waals surface area contributed by atoms with Crippen LogP contribution in [-0.4, -0.2) is 22.9 Å². The fourth-order valence-electron chi connectivity index (χ4n) is 2.68. The van der Waals surface area contributed by atoms with Gasteiger partial charge < -0.3 is 4.74 Å². The number of halogens is 1. The maximum absolute atomic E-state index is 6.54. The molecule has 3 heteroatoms. The zero-order chi connectivity index (χ0) is 15.1. The van der Waals surface area contributed by atoms with Gasteiger partial charge in [0.05, 0.1) is 10.4 Å². The number of hydrogen-bond acceptors (Lipinski definition) is 2. The summed E-state index contributed by atoms with van der Waals surface area (Å²) in [4.78, 5) is 4.35. The molecule has 0 N–H and O–H groups in total. The van der Waals surface area contributed by atoms with Crippen LogP contribution in [0.25, 0.3) is 5.57 Å². The van der Waals surface area contributed by atoms with Crippen molar-refractivity contribution in [1.29, 1.82) is 0 Å². The maximum atomic E-state index is 6.54. The van der Waals surface area contributed by atoms with Gasteiger partial charge in [0.2, 0.25) is 5.90 Å². The van der Waals surface area contributed by atoms with E-state index in [0.717, 1.165) is 23.5 Å². The highest BCUT2D eigenvalue weighted by molar-refractivity contribution is 6.26. The van der Waals surface area contributed by atoms with E-state index in [-0.39, 0.29) is 10.4 Å². The Morgan fingerprint density at radius 3 is 2.48 bits per heavy atom. The number of rotatable bonds is 2. The Morgan fingerprint density at radius 1 is 1.14 bits per heavy atom. The van der Waals surface area contributed by atoms with E-state index in [9.17, 15) is 0 Å². The van der Waals surface area contributed by atoms with Crippen LogP contribution in [0.5, 0.6) is 0 Å². The molecule has 1 heterocycles. The molecule has 0 spiro atoms. The Labute approximate surface area is 131 Å². The second-order valence-electron chi connectivity index (χ2n) is 6.56. The summed E-state index contributed by atoms with van der Waals surface area (Å²) in [5.41, 5.74) is 3.28. The molecular formula is C18H20ClNO. The van der Waals surface area contributed by atoms with E-state index in [4.69, 9.17) is 21.3 Å². The molecule has 1 atom stereocenters. The highest BCUT2D eigenvalue weighted by Gasteiger charge is 2.34. The van der Waals surface area contributed by atoms with Crippen molar-refractivity contribution in [2.75, 3.05) is 6.61 Å². The maximum Gasteiger partial charge on any atom is 0.213 e. The second kappa shape index (κ2) is 5.03. The standard InChI is InChI=1S/C18H20ClNO/c1-17(2)12-21-16(20-17)15-11-18(3,19)10-9-14(15)13-7-5-4-6-8-13/h4-10H,11-12H2,1-3H3. The number of ether oxygens (including phenoxy) is 1. The minimum absolute atomic E-state index is 0.159. The summed E-state index contributed by atoms with van der Waals surface area (Å²) >= 11 is 6.54. The minimum Gasteiger partial charge on any atom is -0.475 e. The third-order valence-corrected chi connectivity index (χ3v) is 4.01. The van der Waals surface area contributed by atoms with Gasteiger partial charge in [-0.25, -0.2) is 4.99 Å². The van der Waals surface area contributed by atoms with Crippen LogP contribution in [0.2, 0.25) is 0 Å². The predicted molar refractivity (Wildman–Crippen MR) is 88.8 cm³/mol. The molecule has 3 rings (SSSR count). The molecule has 1 aliphatic heterocycles. The largest absolute Gasteiger partial charge is 0.475 e. The van der Waals surface area contributed by atoms with Gasteiger partial charge in [0, 0.05) is 12.0 Å². The molecule has 0 amide bonds. The van der Waals surface area contributed by atoms with E-state index in [1.807, 2.05) is 25.1 Å². The van der Waals surface area contributed by atoms with Crippen LogP contribution >= 0.6 is 11.6 Å². The molecule has 1 aromatic carbocycles. The number of hydrogen-bond donors (Lipinski definition) is 0. The van der Waals surface area contributed by atoms with Crippen LogP contribution in [0.15, 0.2) is 53.0 Å². The SMILES string of the molecule is CC1(Cl)C=CC(c2ccccc2)=C(C2=NC(C)(C)CO2)C1. The van der Waals surface area contributed by atoms with Gasteiger partial charge in [-0.15, -0.1) is 11.6 Å². The van der Waals surface area contributed by atoms with Gasteiger partial charge >= 0.3 is 0 Å². The van der Waals surface area contributed by atoms with Crippen molar-refractivity contribution < 1.29 is 4.74 Å². The molecule has 0 saturated heterocycles. The lowest BCUT2D eigenvalue weighted by Gasteiger charge is -2.26. The Balaban J connectivity index is 2.10. The smallest absolute Gasteiger partial charge is 0.213 e. The van der Waals surface area contributed by atoms with Crippen molar-refractivity contribution in [3.8, 4) is 0 Å². The summed E-state index contributed by atoms with van der Waals surface area (Å²) in [5, 5.41) is 0. The van der Waals surface area contributed by atoms with Crippen molar-refractivity contribution in [3.63, 3.8) is 0 Å². The topological polar surface area (TPSA) is 21.6 Å². The first-order valence-electron chi connectivity index (χ1n) is 7.26. The minimum atomic E-state index is -0.383. The van der Waals surface area contributed by atoms with E-state index in [0.29, 0.717) is 6.61 Å². The fraction of sp³-hybridized carbons (Fsp3) is 0.389. The summed E-state index contributed by atoms with van der Waals surface area (Å²) in [6.45, 7) is 6.81. The molecule has 110 valence electrons. The van der Waals surface area contributed by atoms with Crippen LogP contribution in [0, 0.1) is 0 Å². The number of allylic oxidation sites excluding steroid dienone is 3. The molecule has 2 aliphatic rings. The van der Waals surface area contributed by atoms with Crippen LogP contribution < -0.4 is 0 Å². The molecule has 1 aliphatic carbocycles. The fourth-order valence-corrected chi connectivity index (χ4v) is 2.87. The first-order valence-corrected chi connectivity index (χ1v) is 7.64. The van der Waals surface area contributed by atoms with E-state index in [1.54, 1.807) is 0 Å². The summed E-state index contributed by atoms with van der Waals surface area (Å²) in [6, 6.07) is 10.3. The molecular weight excluding hydrogens is 282 g/mol. The van der Waals surface area contributed by atoms with Crippen LogP contribution in [0.3, 0.4) is 0 Å². The average Bonchev–Trinajstić information content (AvgIpc) is 2.79. The lowest BCUT2D eigenvalue weighted by atomic mass is 9.86. The molecule has 0 fully saturated rings. The Hall–Kier alpha value is -1.54. The van der Waals surface area contributed by atoms with E-state index >= 15 is 0 Å². The van der Waals surface area contributed by atoms with Gasteiger partial charge in [0.1, 0.15) is 6.61 Å². The van der Waals surface area contributed by atoms with Crippen molar-refractivity contribution in [2.24, 2.45) is 4.99 Å². The van der Waals surface area contributed by atoms with Crippen molar-refractivity contribution in [3.05, 3.63) is 53.6 Å². The Morgan fingerprint density at radius 2 is 1.86 bits per heavy atom. The third kappa shape index (κ3) is 3.06. The number of nitrogens with zero attached hydrogens (tertiary/aromatic N) is 1. The first kappa shape index (κ1) is 14.4. The third-order valence-electron chi connectivity index (χ3n) is 3.75. The number of benzene rings is 1. The summed E-state index contributed by atoms with van der Waals surface area (Å²) in [7, 11) is 0. The molecule has 21 heavy (non-hydrogen) atoms. The molecule has 1 unspecified atom stereocenters. The first-order chi connectivity index (χ1) is 9.86. The van der Waals surface area contributed by atoms with Crippen molar-refractivity contribution in [1.82, 2.24) is 0 Å². The van der Waals surface area contributed by atoms with E-state index < -0.39 is 0 Å². The monoisotopic (exact) mass is 301 g/mol. The van der Waals surface area contributed by atoms with Gasteiger partial charge in [-0.05, 0) is 31.9 Å². The summed E-state index contributed by atoms with van der Waals surface area (Å²) in [5.74, 6) is 0.745. The van der Waals surface area contributed by atoms with Gasteiger partial charge in [-0.3, -0.25) is 0 Å². The van der Waals surface area contributed by atoms with Gasteiger partial charge in [-0.1, -0.05) is 42.5 Å². The Bertz CT molecular complexity index is 638. The van der Waals surface area contributed by atoms with Crippen molar-refractivity contribution >= 4 is 23.1 Å². The lowest BCUT2D eigenvalue weighted by molar-refractivity contribution is 0.278. The zero-order valence-electron chi connectivity index (χ0n) is 12.7. The van der Waals surface area contributed by atoms with E-state index in [2.05, 4.69) is 38.1 Å². The molecule has 0 radical (unpaired) electrons. The van der Waals surface area contributed by atoms with Gasteiger partial charge in [-0.2, -0.15) is 0 Å². The van der Waals surface area contributed by atoms with Gasteiger partial charge in [0.15, 0.2) is 0 Å². The highest BCUT2D eigenvalue weighted by Crippen LogP contribution is 2.38. The van der Waals surface area contributed by atoms with Crippen LogP contribution in [0.4, 0.5) is 0 Å². The normalized spacial score (nSPS) is 27.5. The van der Waals surface area contributed by atoms with Gasteiger partial charge in [0.25, 0.3) is 0 Å². The Kier molecular flexibility index (Phi) is 3.45. The highest BCUT2D eigenvalue weighted by atomic mass is 35.5. The molecule has 0 aromatic heterocycles. The molecule has 0 bridgehead atoms. The second-order valence-corrected chi connectivity index (χ2v) is 7.43. The number of alkyl halides is 1. The molecule has 1 aromatic rings. The van der Waals surface area contributed by atoms with Crippen LogP contribution in [0.1, 0.15) is 32.8 Å². The molecule has 2 nitrogen and oxygen atoms in total.